The van der Waals surface area contributed by atoms with E-state index in [-0.39, 0.29) is 5.41 Å². The summed E-state index contributed by atoms with van der Waals surface area (Å²) in [5.74, 6) is 1.47. The van der Waals surface area contributed by atoms with Crippen molar-refractivity contribution in [3.8, 4) is 0 Å². The van der Waals surface area contributed by atoms with Gasteiger partial charge in [0.15, 0.2) is 5.82 Å². The van der Waals surface area contributed by atoms with Crippen LogP contribution in [0.2, 0.25) is 5.02 Å². The molecule has 0 radical (unpaired) electrons. The van der Waals surface area contributed by atoms with Gasteiger partial charge in [-0.05, 0) is 18.2 Å². The Morgan fingerprint density at radius 3 is 2.62 bits per heavy atom. The van der Waals surface area contributed by atoms with E-state index in [0.29, 0.717) is 5.02 Å². The number of para-hydroxylation sites is 1. The molecule has 3 rings (SSSR count). The molecule has 0 aliphatic rings. The third-order valence-corrected chi connectivity index (χ3v) is 3.62. The summed E-state index contributed by atoms with van der Waals surface area (Å²) in [6.45, 7) is 6.41. The fourth-order valence-corrected chi connectivity index (χ4v) is 2.31. The molecule has 4 nitrogen and oxygen atoms in total. The SMILES string of the molecule is CC(C)(C)c1cc(Nc2ccc3cccc(Cl)c3n2)n[nH]1. The van der Waals surface area contributed by atoms with Gasteiger partial charge in [-0.15, -0.1) is 0 Å². The van der Waals surface area contributed by atoms with Gasteiger partial charge >= 0.3 is 0 Å². The van der Waals surface area contributed by atoms with E-state index >= 15 is 0 Å². The van der Waals surface area contributed by atoms with Gasteiger partial charge in [-0.1, -0.05) is 44.5 Å². The number of aromatic nitrogens is 3. The zero-order chi connectivity index (χ0) is 15.0. The van der Waals surface area contributed by atoms with Gasteiger partial charge in [0.05, 0.1) is 10.5 Å². The number of hydrogen-bond donors (Lipinski definition) is 2. The Labute approximate surface area is 128 Å². The van der Waals surface area contributed by atoms with E-state index in [2.05, 4.69) is 41.3 Å². The average Bonchev–Trinajstić information content (AvgIpc) is 2.88. The van der Waals surface area contributed by atoms with Crippen LogP contribution in [0.15, 0.2) is 36.4 Å². The molecule has 0 fully saturated rings. The van der Waals surface area contributed by atoms with Crippen LogP contribution < -0.4 is 5.32 Å². The van der Waals surface area contributed by atoms with Crippen LogP contribution in [0.3, 0.4) is 0 Å². The van der Waals surface area contributed by atoms with Crippen molar-refractivity contribution in [1.82, 2.24) is 15.2 Å². The number of pyridine rings is 1. The second-order valence-electron chi connectivity index (χ2n) is 6.05. The number of H-pyrrole nitrogens is 1. The Morgan fingerprint density at radius 2 is 1.90 bits per heavy atom. The van der Waals surface area contributed by atoms with Crippen molar-refractivity contribution < 1.29 is 0 Å². The summed E-state index contributed by atoms with van der Waals surface area (Å²) < 4.78 is 0. The lowest BCUT2D eigenvalue weighted by molar-refractivity contribution is 0.567. The van der Waals surface area contributed by atoms with Crippen LogP contribution >= 0.6 is 11.6 Å². The van der Waals surface area contributed by atoms with Crippen molar-refractivity contribution in [2.24, 2.45) is 0 Å². The number of halogens is 1. The van der Waals surface area contributed by atoms with Gasteiger partial charge < -0.3 is 5.32 Å². The number of aromatic amines is 1. The van der Waals surface area contributed by atoms with E-state index in [1.165, 1.54) is 0 Å². The predicted molar refractivity (Wildman–Crippen MR) is 87.3 cm³/mol. The highest BCUT2D eigenvalue weighted by molar-refractivity contribution is 6.35. The Bertz CT molecular complexity index is 786. The maximum atomic E-state index is 6.18. The summed E-state index contributed by atoms with van der Waals surface area (Å²) in [7, 11) is 0. The smallest absolute Gasteiger partial charge is 0.153 e. The van der Waals surface area contributed by atoms with Crippen LogP contribution in [0.1, 0.15) is 26.5 Å². The van der Waals surface area contributed by atoms with Crippen LogP contribution in [0.25, 0.3) is 10.9 Å². The first kappa shape index (κ1) is 13.9. The topological polar surface area (TPSA) is 53.6 Å². The normalized spacial score (nSPS) is 11.8. The highest BCUT2D eigenvalue weighted by Gasteiger charge is 2.16. The van der Waals surface area contributed by atoms with Crippen LogP contribution in [-0.2, 0) is 5.41 Å². The fourth-order valence-electron chi connectivity index (χ4n) is 2.08. The largest absolute Gasteiger partial charge is 0.323 e. The summed E-state index contributed by atoms with van der Waals surface area (Å²) >= 11 is 6.18. The first-order valence-corrected chi connectivity index (χ1v) is 7.19. The van der Waals surface area contributed by atoms with E-state index in [9.17, 15) is 0 Å². The second kappa shape index (κ2) is 5.04. The number of rotatable bonds is 2. The summed E-state index contributed by atoms with van der Waals surface area (Å²) in [5, 5.41) is 12.2. The molecule has 0 unspecified atom stereocenters. The first-order valence-electron chi connectivity index (χ1n) is 6.82. The number of benzene rings is 1. The molecule has 2 aromatic heterocycles. The van der Waals surface area contributed by atoms with Crippen LogP contribution in [-0.4, -0.2) is 15.2 Å². The van der Waals surface area contributed by atoms with Crippen molar-refractivity contribution in [3.05, 3.63) is 47.1 Å². The molecule has 2 heterocycles. The zero-order valence-electron chi connectivity index (χ0n) is 12.2. The van der Waals surface area contributed by atoms with Crippen LogP contribution in [0.5, 0.6) is 0 Å². The number of anilines is 2. The van der Waals surface area contributed by atoms with Crippen LogP contribution in [0.4, 0.5) is 11.6 Å². The molecule has 108 valence electrons. The lowest BCUT2D eigenvalue weighted by atomic mass is 9.92. The van der Waals surface area contributed by atoms with E-state index in [1.807, 2.05) is 36.4 Å². The molecule has 0 atom stereocenters. The Balaban J connectivity index is 1.91. The molecule has 0 saturated carbocycles. The summed E-state index contributed by atoms with van der Waals surface area (Å²) in [4.78, 5) is 4.54. The van der Waals surface area contributed by atoms with Gasteiger partial charge in [-0.2, -0.15) is 5.10 Å². The minimum atomic E-state index is 0.0348. The summed E-state index contributed by atoms with van der Waals surface area (Å²) in [5.41, 5.74) is 1.90. The summed E-state index contributed by atoms with van der Waals surface area (Å²) in [6.07, 6.45) is 0. The predicted octanol–water partition coefficient (Wildman–Crippen LogP) is 4.65. The molecule has 2 N–H and O–H groups in total. The van der Waals surface area contributed by atoms with Gasteiger partial charge in [0.2, 0.25) is 0 Å². The van der Waals surface area contributed by atoms with Gasteiger partial charge in [0.25, 0.3) is 0 Å². The van der Waals surface area contributed by atoms with E-state index < -0.39 is 0 Å². The third kappa shape index (κ3) is 2.85. The molecule has 0 bridgehead atoms. The number of nitrogens with zero attached hydrogens (tertiary/aromatic N) is 2. The molecule has 0 amide bonds. The zero-order valence-corrected chi connectivity index (χ0v) is 13.0. The molecule has 3 aromatic rings. The van der Waals surface area contributed by atoms with Gasteiger partial charge in [-0.25, -0.2) is 4.98 Å². The van der Waals surface area contributed by atoms with E-state index in [4.69, 9.17) is 11.6 Å². The Hall–Kier alpha value is -2.07. The quantitative estimate of drug-likeness (QED) is 0.724. The van der Waals surface area contributed by atoms with E-state index in [1.54, 1.807) is 0 Å². The van der Waals surface area contributed by atoms with Crippen molar-refractivity contribution in [2.75, 3.05) is 5.32 Å². The lowest BCUT2D eigenvalue weighted by Crippen LogP contribution is -2.11. The second-order valence-corrected chi connectivity index (χ2v) is 6.46. The molecule has 0 saturated heterocycles. The number of hydrogen-bond acceptors (Lipinski definition) is 3. The third-order valence-electron chi connectivity index (χ3n) is 3.31. The molecule has 0 aliphatic heterocycles. The van der Waals surface area contributed by atoms with Crippen molar-refractivity contribution in [2.45, 2.75) is 26.2 Å². The minimum Gasteiger partial charge on any atom is -0.323 e. The molecular weight excluding hydrogens is 284 g/mol. The van der Waals surface area contributed by atoms with Gasteiger partial charge in [0.1, 0.15) is 5.82 Å². The van der Waals surface area contributed by atoms with Crippen LogP contribution in [0, 0.1) is 0 Å². The molecule has 0 spiro atoms. The molecule has 1 aromatic carbocycles. The first-order chi connectivity index (χ1) is 9.93. The highest BCUT2D eigenvalue weighted by atomic mass is 35.5. The van der Waals surface area contributed by atoms with E-state index in [0.717, 1.165) is 28.2 Å². The lowest BCUT2D eigenvalue weighted by Gasteiger charge is -2.14. The maximum Gasteiger partial charge on any atom is 0.153 e. The number of nitrogens with one attached hydrogen (secondary N) is 2. The molecule has 0 aliphatic carbocycles. The maximum absolute atomic E-state index is 6.18. The standard InChI is InChI=1S/C16H17ClN4/c1-16(2,3)12-9-14(21-20-12)18-13-8-7-10-5-4-6-11(17)15(10)19-13/h4-9H,1-3H3,(H2,18,19,20,21). The Morgan fingerprint density at radius 1 is 1.10 bits per heavy atom. The highest BCUT2D eigenvalue weighted by Crippen LogP contribution is 2.26. The van der Waals surface area contributed by atoms with Crippen molar-refractivity contribution in [1.29, 1.82) is 0 Å². The Kier molecular flexibility index (Phi) is 3.33. The monoisotopic (exact) mass is 300 g/mol. The molecular formula is C16H17ClN4. The fraction of sp³-hybridized carbons (Fsp3) is 0.250. The van der Waals surface area contributed by atoms with Gasteiger partial charge in [0, 0.05) is 22.6 Å². The summed E-state index contributed by atoms with van der Waals surface area (Å²) in [6, 6.07) is 11.7. The van der Waals surface area contributed by atoms with Crippen molar-refractivity contribution in [3.63, 3.8) is 0 Å². The molecule has 21 heavy (non-hydrogen) atoms. The van der Waals surface area contributed by atoms with Gasteiger partial charge in [-0.3, -0.25) is 5.10 Å². The number of fused-ring (bicyclic) bond motifs is 1. The average molecular weight is 301 g/mol. The van der Waals surface area contributed by atoms with Crippen molar-refractivity contribution >= 4 is 34.1 Å². The molecule has 5 heteroatoms. The minimum absolute atomic E-state index is 0.0348.